The molecule has 1 fully saturated rings. The van der Waals surface area contributed by atoms with E-state index in [9.17, 15) is 0 Å². The van der Waals surface area contributed by atoms with Crippen molar-refractivity contribution < 1.29 is 13.9 Å². The number of hydrogen-bond acceptors (Lipinski definition) is 10. The fraction of sp³-hybridized carbons (Fsp3) is 0.375. The molecule has 2 aromatic carbocycles. The highest BCUT2D eigenvalue weighted by molar-refractivity contribution is 6.02. The van der Waals surface area contributed by atoms with Gasteiger partial charge in [0.25, 0.3) is 6.01 Å². The van der Waals surface area contributed by atoms with Crippen LogP contribution in [0.5, 0.6) is 11.5 Å². The van der Waals surface area contributed by atoms with Crippen LogP contribution in [0.15, 0.2) is 35.0 Å². The van der Waals surface area contributed by atoms with E-state index in [0.717, 1.165) is 50.0 Å². The van der Waals surface area contributed by atoms with Crippen LogP contribution in [-0.4, -0.2) is 78.2 Å². The van der Waals surface area contributed by atoms with Crippen molar-refractivity contribution >= 4 is 33.7 Å². The molecule has 0 saturated carbocycles. The molecule has 0 radical (unpaired) electrons. The number of nitrogens with zero attached hydrogens (tertiary/aromatic N) is 5. The molecule has 0 unspecified atom stereocenters. The summed E-state index contributed by atoms with van der Waals surface area (Å²) in [5.41, 5.74) is 15.6. The third-order valence-corrected chi connectivity index (χ3v) is 6.18. The predicted molar refractivity (Wildman–Crippen MR) is 132 cm³/mol. The standard InChI is InChI=1S/C24H29N7O3/c1-30-5-7-31(8-6-30)4-3-9-33-20-13-18-16(12-19(20)32-2)22(28-14-27-18)17-10-15(25)11-21-23(17)29-24(26)34-21/h10-14H,3-9,25H2,1-2H3,(H2,26,29). The molecule has 178 valence electrons. The monoisotopic (exact) mass is 463 g/mol. The van der Waals surface area contributed by atoms with Gasteiger partial charge in [-0.25, -0.2) is 9.97 Å². The molecule has 0 atom stereocenters. The molecule has 0 amide bonds. The lowest BCUT2D eigenvalue weighted by molar-refractivity contribution is 0.145. The summed E-state index contributed by atoms with van der Waals surface area (Å²) in [6.45, 7) is 6.04. The Labute approximate surface area is 197 Å². The minimum absolute atomic E-state index is 0.0741. The van der Waals surface area contributed by atoms with Gasteiger partial charge in [-0.3, -0.25) is 0 Å². The molecule has 1 aliphatic heterocycles. The quantitative estimate of drug-likeness (QED) is 0.312. The summed E-state index contributed by atoms with van der Waals surface area (Å²) in [6, 6.07) is 7.35. The van der Waals surface area contributed by atoms with Gasteiger partial charge in [0.1, 0.15) is 11.8 Å². The first-order valence-electron chi connectivity index (χ1n) is 11.3. The van der Waals surface area contributed by atoms with Crippen LogP contribution in [0.25, 0.3) is 33.3 Å². The van der Waals surface area contributed by atoms with Gasteiger partial charge < -0.3 is 35.2 Å². The first-order chi connectivity index (χ1) is 16.5. The molecule has 34 heavy (non-hydrogen) atoms. The van der Waals surface area contributed by atoms with Crippen molar-refractivity contribution in [2.45, 2.75) is 6.42 Å². The number of rotatable bonds is 7. The van der Waals surface area contributed by atoms with Gasteiger partial charge in [0.15, 0.2) is 17.1 Å². The molecular weight excluding hydrogens is 434 g/mol. The number of aromatic nitrogens is 3. The zero-order valence-electron chi connectivity index (χ0n) is 19.5. The number of piperazine rings is 1. The normalized spacial score (nSPS) is 15.2. The van der Waals surface area contributed by atoms with Gasteiger partial charge in [0.05, 0.1) is 24.9 Å². The summed E-state index contributed by atoms with van der Waals surface area (Å²) < 4.78 is 17.2. The van der Waals surface area contributed by atoms with Crippen molar-refractivity contribution in [1.29, 1.82) is 0 Å². The van der Waals surface area contributed by atoms with Crippen LogP contribution in [-0.2, 0) is 0 Å². The number of likely N-dealkylation sites (N-methyl/N-ethyl adjacent to an activating group) is 1. The number of methoxy groups -OCH3 is 1. The van der Waals surface area contributed by atoms with Gasteiger partial charge in [-0.2, -0.15) is 4.98 Å². The number of anilines is 2. The van der Waals surface area contributed by atoms with Crippen molar-refractivity contribution in [3.63, 3.8) is 0 Å². The maximum atomic E-state index is 6.10. The summed E-state index contributed by atoms with van der Waals surface area (Å²) in [6.07, 6.45) is 2.45. The van der Waals surface area contributed by atoms with Gasteiger partial charge in [-0.05, 0) is 25.6 Å². The Morgan fingerprint density at radius 1 is 1.03 bits per heavy atom. The molecule has 10 heteroatoms. The van der Waals surface area contributed by atoms with Crippen LogP contribution in [0.3, 0.4) is 0 Å². The van der Waals surface area contributed by atoms with Crippen molar-refractivity contribution in [2.24, 2.45) is 0 Å². The molecule has 5 rings (SSSR count). The third kappa shape index (κ3) is 4.42. The molecule has 3 heterocycles. The number of nitrogens with two attached hydrogens (primary N) is 2. The maximum Gasteiger partial charge on any atom is 0.293 e. The summed E-state index contributed by atoms with van der Waals surface area (Å²) in [5.74, 6) is 1.27. The highest BCUT2D eigenvalue weighted by atomic mass is 16.5. The molecule has 4 aromatic rings. The van der Waals surface area contributed by atoms with E-state index in [-0.39, 0.29) is 6.01 Å². The molecule has 10 nitrogen and oxygen atoms in total. The Morgan fingerprint density at radius 2 is 1.85 bits per heavy atom. The number of hydrogen-bond donors (Lipinski definition) is 2. The van der Waals surface area contributed by atoms with Gasteiger partial charge in [0, 0.05) is 61.5 Å². The first kappa shape index (κ1) is 22.2. The molecule has 4 N–H and O–H groups in total. The van der Waals surface area contributed by atoms with Crippen molar-refractivity contribution in [1.82, 2.24) is 24.8 Å². The zero-order valence-corrected chi connectivity index (χ0v) is 19.5. The molecule has 0 bridgehead atoms. The van der Waals surface area contributed by atoms with E-state index in [1.54, 1.807) is 19.2 Å². The summed E-state index contributed by atoms with van der Waals surface area (Å²) >= 11 is 0. The van der Waals surface area contributed by atoms with E-state index in [2.05, 4.69) is 31.8 Å². The van der Waals surface area contributed by atoms with Crippen molar-refractivity contribution in [3.05, 3.63) is 30.6 Å². The molecule has 0 spiro atoms. The van der Waals surface area contributed by atoms with Gasteiger partial charge in [-0.15, -0.1) is 0 Å². The summed E-state index contributed by atoms with van der Waals surface area (Å²) in [4.78, 5) is 18.1. The Hall–Kier alpha value is -3.63. The predicted octanol–water partition coefficient (Wildman–Crippen LogP) is 2.63. The van der Waals surface area contributed by atoms with Gasteiger partial charge in [-0.1, -0.05) is 0 Å². The number of nitrogen functional groups attached to an aromatic ring is 2. The van der Waals surface area contributed by atoms with E-state index >= 15 is 0 Å². The summed E-state index contributed by atoms with van der Waals surface area (Å²) in [7, 11) is 3.79. The van der Waals surface area contributed by atoms with E-state index in [1.807, 2.05) is 12.1 Å². The summed E-state index contributed by atoms with van der Waals surface area (Å²) in [5, 5.41) is 0.789. The molecule has 0 aliphatic carbocycles. The third-order valence-electron chi connectivity index (χ3n) is 6.18. The maximum absolute atomic E-state index is 6.10. The average molecular weight is 464 g/mol. The second-order valence-corrected chi connectivity index (χ2v) is 8.56. The van der Waals surface area contributed by atoms with Crippen LogP contribution in [0.2, 0.25) is 0 Å². The Bertz CT molecular complexity index is 1320. The minimum Gasteiger partial charge on any atom is -0.493 e. The second-order valence-electron chi connectivity index (χ2n) is 8.56. The largest absolute Gasteiger partial charge is 0.493 e. The smallest absolute Gasteiger partial charge is 0.293 e. The van der Waals surface area contributed by atoms with Crippen LogP contribution in [0.4, 0.5) is 11.7 Å². The lowest BCUT2D eigenvalue weighted by Gasteiger charge is -2.32. The number of oxazole rings is 1. The highest BCUT2D eigenvalue weighted by Gasteiger charge is 2.18. The van der Waals surface area contributed by atoms with Crippen molar-refractivity contribution in [2.75, 3.05) is 65.0 Å². The topological polar surface area (TPSA) is 129 Å². The van der Waals surface area contributed by atoms with E-state index in [1.165, 1.54) is 6.33 Å². The zero-order chi connectivity index (χ0) is 23.7. The fourth-order valence-corrected chi connectivity index (χ4v) is 4.34. The number of ether oxygens (including phenoxy) is 2. The van der Waals surface area contributed by atoms with E-state index < -0.39 is 0 Å². The molecule has 2 aromatic heterocycles. The molecule has 1 aliphatic rings. The lowest BCUT2D eigenvalue weighted by Crippen LogP contribution is -2.44. The van der Waals surface area contributed by atoms with Crippen LogP contribution in [0.1, 0.15) is 6.42 Å². The molecular formula is C24H29N7O3. The van der Waals surface area contributed by atoms with Gasteiger partial charge >= 0.3 is 0 Å². The van der Waals surface area contributed by atoms with E-state index in [0.29, 0.717) is 46.2 Å². The SMILES string of the molecule is COc1cc2c(-c3cc(N)cc4oc(N)nc34)ncnc2cc1OCCCN1CCN(C)CC1. The van der Waals surface area contributed by atoms with Gasteiger partial charge in [0.2, 0.25) is 0 Å². The van der Waals surface area contributed by atoms with Crippen LogP contribution in [0, 0.1) is 0 Å². The van der Waals surface area contributed by atoms with E-state index in [4.69, 9.17) is 25.4 Å². The highest BCUT2D eigenvalue weighted by Crippen LogP contribution is 2.38. The average Bonchev–Trinajstić information content (AvgIpc) is 3.21. The fourth-order valence-electron chi connectivity index (χ4n) is 4.34. The van der Waals surface area contributed by atoms with Crippen molar-refractivity contribution in [3.8, 4) is 22.8 Å². The molecule has 1 saturated heterocycles. The Kier molecular flexibility index (Phi) is 6.08. The van der Waals surface area contributed by atoms with Crippen LogP contribution < -0.4 is 20.9 Å². The number of fused-ring (bicyclic) bond motifs is 2. The Balaban J connectivity index is 1.41. The first-order valence-corrected chi connectivity index (χ1v) is 11.3. The minimum atomic E-state index is 0.0741. The lowest BCUT2D eigenvalue weighted by atomic mass is 10.0. The number of benzene rings is 2. The van der Waals surface area contributed by atoms with Crippen LogP contribution >= 0.6 is 0 Å². The Morgan fingerprint density at radius 3 is 2.65 bits per heavy atom. The second kappa shape index (κ2) is 9.32.